The Balaban J connectivity index is 2.06. The molecule has 0 saturated heterocycles. The van der Waals surface area contributed by atoms with Crippen LogP contribution in [-0.4, -0.2) is 22.7 Å². The van der Waals surface area contributed by atoms with Crippen LogP contribution in [0.25, 0.3) is 11.3 Å². The number of hydrogen-bond acceptors (Lipinski definition) is 3. The van der Waals surface area contributed by atoms with Crippen LogP contribution < -0.4 is 5.32 Å². The average molecular weight is 259 g/mol. The molecule has 1 aromatic carbocycles. The molecule has 100 valence electrons. The lowest BCUT2D eigenvalue weighted by Crippen LogP contribution is -2.14. The lowest BCUT2D eigenvalue weighted by molar-refractivity contribution is 0.160. The van der Waals surface area contributed by atoms with Crippen molar-refractivity contribution in [3.05, 3.63) is 36.8 Å². The van der Waals surface area contributed by atoms with Gasteiger partial charge in [-0.2, -0.15) is 0 Å². The lowest BCUT2D eigenvalue weighted by Gasteiger charge is -2.10. The molecule has 19 heavy (non-hydrogen) atoms. The fraction of sp³-hybridized carbons (Fsp3) is 0.286. The molecule has 0 saturated carbocycles. The van der Waals surface area contributed by atoms with Gasteiger partial charge in [0, 0.05) is 5.56 Å². The minimum Gasteiger partial charge on any atom is -0.449 e. The van der Waals surface area contributed by atoms with Gasteiger partial charge in [-0.1, -0.05) is 31.5 Å². The van der Waals surface area contributed by atoms with Gasteiger partial charge >= 0.3 is 6.09 Å². The quantitative estimate of drug-likeness (QED) is 0.808. The molecule has 2 aromatic rings. The van der Waals surface area contributed by atoms with Gasteiger partial charge in [0.15, 0.2) is 0 Å². The maximum Gasteiger partial charge on any atom is 0.411 e. The second-order valence-electron chi connectivity index (χ2n) is 4.13. The molecule has 0 atom stereocenters. The van der Waals surface area contributed by atoms with Crippen molar-refractivity contribution in [2.45, 2.75) is 19.8 Å². The number of ether oxygens (including phenoxy) is 1. The number of benzene rings is 1. The Morgan fingerprint density at radius 2 is 2.26 bits per heavy atom. The summed E-state index contributed by atoms with van der Waals surface area (Å²) < 4.78 is 5.08. The third kappa shape index (κ3) is 3.58. The van der Waals surface area contributed by atoms with Crippen molar-refractivity contribution in [2.75, 3.05) is 11.9 Å². The molecule has 0 aliphatic rings. The first-order valence-electron chi connectivity index (χ1n) is 6.33. The third-order valence-corrected chi connectivity index (χ3v) is 2.68. The number of hydrogen-bond donors (Lipinski definition) is 2. The number of rotatable bonds is 5. The van der Waals surface area contributed by atoms with Crippen LogP contribution in [0.4, 0.5) is 10.5 Å². The first kappa shape index (κ1) is 13.1. The summed E-state index contributed by atoms with van der Waals surface area (Å²) in [5.74, 6) is 0. The number of amides is 1. The molecular weight excluding hydrogens is 242 g/mol. The molecule has 0 radical (unpaired) electrons. The van der Waals surface area contributed by atoms with E-state index in [-0.39, 0.29) is 0 Å². The lowest BCUT2D eigenvalue weighted by atomic mass is 10.1. The van der Waals surface area contributed by atoms with E-state index in [1.807, 2.05) is 24.3 Å². The second kappa shape index (κ2) is 6.58. The monoisotopic (exact) mass is 259 g/mol. The van der Waals surface area contributed by atoms with Gasteiger partial charge in [0.05, 0.1) is 30.5 Å². The summed E-state index contributed by atoms with van der Waals surface area (Å²) >= 11 is 0. The number of anilines is 1. The van der Waals surface area contributed by atoms with Crippen LogP contribution in [0.2, 0.25) is 0 Å². The number of carbonyl (C=O) groups excluding carboxylic acids is 1. The predicted molar refractivity (Wildman–Crippen MR) is 73.9 cm³/mol. The summed E-state index contributed by atoms with van der Waals surface area (Å²) in [4.78, 5) is 18.6. The Labute approximate surface area is 112 Å². The van der Waals surface area contributed by atoms with E-state index in [9.17, 15) is 4.79 Å². The van der Waals surface area contributed by atoms with E-state index < -0.39 is 6.09 Å². The van der Waals surface area contributed by atoms with Gasteiger partial charge in [-0.05, 0) is 12.5 Å². The Morgan fingerprint density at radius 1 is 1.42 bits per heavy atom. The number of para-hydroxylation sites is 1. The van der Waals surface area contributed by atoms with Crippen LogP contribution in [0, 0.1) is 0 Å². The molecule has 0 unspecified atom stereocenters. The second-order valence-corrected chi connectivity index (χ2v) is 4.13. The molecular formula is C14H17N3O2. The highest BCUT2D eigenvalue weighted by Crippen LogP contribution is 2.25. The number of carbonyl (C=O) groups is 1. The normalized spacial score (nSPS) is 10.2. The van der Waals surface area contributed by atoms with Crippen LogP contribution in [0.15, 0.2) is 36.8 Å². The summed E-state index contributed by atoms with van der Waals surface area (Å²) in [6.45, 7) is 2.49. The van der Waals surface area contributed by atoms with Crippen molar-refractivity contribution in [3.63, 3.8) is 0 Å². The molecule has 5 nitrogen and oxygen atoms in total. The van der Waals surface area contributed by atoms with Crippen molar-refractivity contribution < 1.29 is 9.53 Å². The van der Waals surface area contributed by atoms with Crippen LogP contribution in [0.3, 0.4) is 0 Å². The molecule has 2 rings (SSSR count). The molecule has 1 amide bonds. The molecule has 1 heterocycles. The molecule has 0 bridgehead atoms. The zero-order valence-corrected chi connectivity index (χ0v) is 10.8. The summed E-state index contributed by atoms with van der Waals surface area (Å²) in [6, 6.07) is 7.51. The van der Waals surface area contributed by atoms with Gasteiger partial charge in [-0.25, -0.2) is 9.78 Å². The summed E-state index contributed by atoms with van der Waals surface area (Å²) in [6.07, 6.45) is 4.75. The number of H-pyrrole nitrogens is 1. The Hall–Kier alpha value is -2.30. The van der Waals surface area contributed by atoms with Crippen LogP contribution in [0.5, 0.6) is 0 Å². The van der Waals surface area contributed by atoms with E-state index in [1.54, 1.807) is 12.5 Å². The number of aromatic nitrogens is 2. The van der Waals surface area contributed by atoms with E-state index in [1.165, 1.54) is 0 Å². The van der Waals surface area contributed by atoms with Gasteiger partial charge in [0.2, 0.25) is 0 Å². The van der Waals surface area contributed by atoms with Gasteiger partial charge in [-0.3, -0.25) is 5.32 Å². The van der Waals surface area contributed by atoms with E-state index in [4.69, 9.17) is 4.74 Å². The molecule has 1 aromatic heterocycles. The van der Waals surface area contributed by atoms with Gasteiger partial charge < -0.3 is 9.72 Å². The summed E-state index contributed by atoms with van der Waals surface area (Å²) in [5, 5.41) is 2.75. The van der Waals surface area contributed by atoms with Crippen LogP contribution in [0.1, 0.15) is 19.8 Å². The average Bonchev–Trinajstić information content (AvgIpc) is 2.93. The first-order valence-corrected chi connectivity index (χ1v) is 6.33. The summed E-state index contributed by atoms with van der Waals surface area (Å²) in [5.41, 5.74) is 2.44. The van der Waals surface area contributed by atoms with Gasteiger partial charge in [-0.15, -0.1) is 0 Å². The highest BCUT2D eigenvalue weighted by molar-refractivity contribution is 5.90. The Bertz CT molecular complexity index is 523. The number of imidazole rings is 1. The number of nitrogens with zero attached hydrogens (tertiary/aromatic N) is 1. The van der Waals surface area contributed by atoms with Gasteiger partial charge in [0.1, 0.15) is 0 Å². The molecule has 0 aliphatic heterocycles. The minimum atomic E-state index is -0.430. The molecule has 0 aliphatic carbocycles. The summed E-state index contributed by atoms with van der Waals surface area (Å²) in [7, 11) is 0. The number of unbranched alkanes of at least 4 members (excludes halogenated alkanes) is 1. The maximum atomic E-state index is 11.6. The smallest absolute Gasteiger partial charge is 0.411 e. The van der Waals surface area contributed by atoms with Crippen molar-refractivity contribution in [1.29, 1.82) is 0 Å². The molecule has 0 spiro atoms. The molecule has 0 fully saturated rings. The largest absolute Gasteiger partial charge is 0.449 e. The van der Waals surface area contributed by atoms with Crippen LogP contribution in [-0.2, 0) is 4.74 Å². The highest BCUT2D eigenvalue weighted by Gasteiger charge is 2.09. The topological polar surface area (TPSA) is 67.0 Å². The van der Waals surface area contributed by atoms with Crippen LogP contribution >= 0.6 is 0 Å². The third-order valence-electron chi connectivity index (χ3n) is 2.68. The fourth-order valence-corrected chi connectivity index (χ4v) is 1.69. The number of nitrogens with one attached hydrogen (secondary N) is 2. The van der Waals surface area contributed by atoms with Crippen molar-refractivity contribution in [2.24, 2.45) is 0 Å². The zero-order valence-electron chi connectivity index (χ0n) is 10.8. The van der Waals surface area contributed by atoms with Crippen molar-refractivity contribution >= 4 is 11.8 Å². The van der Waals surface area contributed by atoms with E-state index in [0.717, 1.165) is 24.1 Å². The minimum absolute atomic E-state index is 0.430. The van der Waals surface area contributed by atoms with Crippen molar-refractivity contribution in [1.82, 2.24) is 9.97 Å². The zero-order chi connectivity index (χ0) is 13.5. The predicted octanol–water partition coefficient (Wildman–Crippen LogP) is 3.43. The SMILES string of the molecule is CCCCOC(=O)Nc1ccccc1-c1cnc[nH]1. The van der Waals surface area contributed by atoms with Gasteiger partial charge in [0.25, 0.3) is 0 Å². The van der Waals surface area contributed by atoms with Crippen molar-refractivity contribution in [3.8, 4) is 11.3 Å². The maximum absolute atomic E-state index is 11.6. The Kier molecular flexibility index (Phi) is 4.55. The first-order chi connectivity index (χ1) is 9.31. The number of aromatic amines is 1. The fourth-order valence-electron chi connectivity index (χ4n) is 1.69. The standard InChI is InChI=1S/C14H17N3O2/c1-2-3-8-19-14(18)17-12-7-5-4-6-11(12)13-9-15-10-16-13/h4-7,9-10H,2-3,8H2,1H3,(H,15,16)(H,17,18). The Morgan fingerprint density at radius 3 is 3.00 bits per heavy atom. The van der Waals surface area contributed by atoms with E-state index >= 15 is 0 Å². The highest BCUT2D eigenvalue weighted by atomic mass is 16.5. The van der Waals surface area contributed by atoms with E-state index in [2.05, 4.69) is 22.2 Å². The van der Waals surface area contributed by atoms with E-state index in [0.29, 0.717) is 12.3 Å². The molecule has 2 N–H and O–H groups in total. The molecule has 5 heteroatoms.